The van der Waals surface area contributed by atoms with Crippen LogP contribution in [-0.4, -0.2) is 49.1 Å². The van der Waals surface area contributed by atoms with E-state index in [1.807, 2.05) is 25.7 Å². The van der Waals surface area contributed by atoms with E-state index in [-0.39, 0.29) is 29.2 Å². The van der Waals surface area contributed by atoms with E-state index < -0.39 is 0 Å². The van der Waals surface area contributed by atoms with E-state index in [9.17, 15) is 9.59 Å². The number of nitrogens with zero attached hydrogens (tertiary/aromatic N) is 1. The molecule has 0 aliphatic carbocycles. The molecule has 0 saturated carbocycles. The molecule has 0 bridgehead atoms. The summed E-state index contributed by atoms with van der Waals surface area (Å²) in [4.78, 5) is 26.3. The van der Waals surface area contributed by atoms with Gasteiger partial charge in [-0.1, -0.05) is 20.8 Å². The molecular formula is C16H28N2O3. The maximum Gasteiger partial charge on any atom is 0.227 e. The first-order valence-corrected chi connectivity index (χ1v) is 8.05. The number of likely N-dealkylation sites (tertiary alicyclic amines) is 1. The molecule has 21 heavy (non-hydrogen) atoms. The molecule has 0 atom stereocenters. The number of carbonyl (C=O) groups excluding carboxylic acids is 2. The van der Waals surface area contributed by atoms with Crippen molar-refractivity contribution in [3.05, 3.63) is 0 Å². The van der Waals surface area contributed by atoms with Crippen LogP contribution in [0.1, 0.15) is 46.5 Å². The number of hydrogen-bond donors (Lipinski definition) is 1. The lowest BCUT2D eigenvalue weighted by Gasteiger charge is -2.36. The van der Waals surface area contributed by atoms with Gasteiger partial charge in [-0.3, -0.25) is 9.59 Å². The lowest BCUT2D eigenvalue weighted by Crippen LogP contribution is -2.50. The third-order valence-corrected chi connectivity index (χ3v) is 4.36. The van der Waals surface area contributed by atoms with Crippen LogP contribution in [0.3, 0.4) is 0 Å². The topological polar surface area (TPSA) is 58.6 Å². The van der Waals surface area contributed by atoms with E-state index in [2.05, 4.69) is 5.32 Å². The van der Waals surface area contributed by atoms with Gasteiger partial charge in [0.1, 0.15) is 0 Å². The minimum atomic E-state index is -0.321. The average Bonchev–Trinajstić information content (AvgIpc) is 2.47. The first-order valence-electron chi connectivity index (χ1n) is 8.05. The Labute approximate surface area is 127 Å². The van der Waals surface area contributed by atoms with Crippen LogP contribution in [0.25, 0.3) is 0 Å². The van der Waals surface area contributed by atoms with Gasteiger partial charge in [-0.05, 0) is 25.7 Å². The molecule has 2 amide bonds. The van der Waals surface area contributed by atoms with E-state index in [0.717, 1.165) is 38.8 Å². The highest BCUT2D eigenvalue weighted by Gasteiger charge is 2.31. The van der Waals surface area contributed by atoms with Crippen LogP contribution in [0.15, 0.2) is 0 Å². The monoisotopic (exact) mass is 296 g/mol. The van der Waals surface area contributed by atoms with Gasteiger partial charge in [0, 0.05) is 43.7 Å². The summed E-state index contributed by atoms with van der Waals surface area (Å²) in [7, 11) is 0. The second-order valence-corrected chi connectivity index (χ2v) is 7.21. The van der Waals surface area contributed by atoms with Gasteiger partial charge < -0.3 is 15.0 Å². The molecule has 2 rings (SSSR count). The van der Waals surface area contributed by atoms with Gasteiger partial charge in [0.05, 0.1) is 0 Å². The molecule has 5 heteroatoms. The Bertz CT molecular complexity index is 375. The summed E-state index contributed by atoms with van der Waals surface area (Å²) < 4.78 is 5.29. The van der Waals surface area contributed by atoms with E-state index in [4.69, 9.17) is 4.74 Å². The van der Waals surface area contributed by atoms with Crippen LogP contribution >= 0.6 is 0 Å². The standard InChI is InChI=1S/C16H28N2O3/c1-16(2,3)15(20)18-8-4-13(5-9-18)17-14(19)12-6-10-21-11-7-12/h12-13H,4-11H2,1-3H3,(H,17,19). The number of piperidine rings is 1. The van der Waals surface area contributed by atoms with E-state index >= 15 is 0 Å². The Morgan fingerprint density at radius 3 is 2.14 bits per heavy atom. The maximum atomic E-state index is 12.2. The first-order chi connectivity index (χ1) is 9.88. The summed E-state index contributed by atoms with van der Waals surface area (Å²) in [5, 5.41) is 3.15. The van der Waals surface area contributed by atoms with Crippen molar-refractivity contribution < 1.29 is 14.3 Å². The molecule has 2 aliphatic heterocycles. The lowest BCUT2D eigenvalue weighted by atomic mass is 9.92. The molecule has 0 aromatic carbocycles. The molecule has 0 aromatic heterocycles. The molecular weight excluding hydrogens is 268 g/mol. The normalized spacial score (nSPS) is 22.1. The van der Waals surface area contributed by atoms with E-state index in [0.29, 0.717) is 13.2 Å². The molecule has 5 nitrogen and oxygen atoms in total. The predicted octanol–water partition coefficient (Wildman–Crippen LogP) is 1.57. The van der Waals surface area contributed by atoms with Crippen LogP contribution in [0.4, 0.5) is 0 Å². The Balaban J connectivity index is 1.76. The zero-order valence-electron chi connectivity index (χ0n) is 13.5. The van der Waals surface area contributed by atoms with Gasteiger partial charge >= 0.3 is 0 Å². The number of ether oxygens (including phenoxy) is 1. The third-order valence-electron chi connectivity index (χ3n) is 4.36. The summed E-state index contributed by atoms with van der Waals surface area (Å²) in [5.74, 6) is 0.476. The van der Waals surface area contributed by atoms with E-state index in [1.54, 1.807) is 0 Å². The van der Waals surface area contributed by atoms with Crippen molar-refractivity contribution in [2.75, 3.05) is 26.3 Å². The maximum absolute atomic E-state index is 12.2. The van der Waals surface area contributed by atoms with Crippen LogP contribution < -0.4 is 5.32 Å². The number of carbonyl (C=O) groups is 2. The van der Waals surface area contributed by atoms with Gasteiger partial charge in [-0.15, -0.1) is 0 Å². The van der Waals surface area contributed by atoms with Crippen molar-refractivity contribution in [3.63, 3.8) is 0 Å². The smallest absolute Gasteiger partial charge is 0.227 e. The molecule has 2 aliphatic rings. The summed E-state index contributed by atoms with van der Waals surface area (Å²) in [6.45, 7) is 8.73. The van der Waals surface area contributed by atoms with Gasteiger partial charge in [0.15, 0.2) is 0 Å². The van der Waals surface area contributed by atoms with Gasteiger partial charge in [-0.25, -0.2) is 0 Å². The lowest BCUT2D eigenvalue weighted by molar-refractivity contribution is -0.140. The number of rotatable bonds is 2. The summed E-state index contributed by atoms with van der Waals surface area (Å²) in [5.41, 5.74) is -0.321. The molecule has 120 valence electrons. The largest absolute Gasteiger partial charge is 0.381 e. The summed E-state index contributed by atoms with van der Waals surface area (Å²) in [6.07, 6.45) is 3.37. The third kappa shape index (κ3) is 4.43. The minimum absolute atomic E-state index is 0.105. The van der Waals surface area contributed by atoms with Crippen LogP contribution in [0, 0.1) is 11.3 Å². The Morgan fingerprint density at radius 1 is 1.05 bits per heavy atom. The zero-order chi connectivity index (χ0) is 15.5. The molecule has 0 radical (unpaired) electrons. The molecule has 0 spiro atoms. The van der Waals surface area contributed by atoms with Crippen molar-refractivity contribution in [2.45, 2.75) is 52.5 Å². The highest BCUT2D eigenvalue weighted by molar-refractivity contribution is 5.82. The first kappa shape index (κ1) is 16.3. The number of hydrogen-bond acceptors (Lipinski definition) is 3. The second kappa shape index (κ2) is 6.77. The Hall–Kier alpha value is -1.10. The highest BCUT2D eigenvalue weighted by atomic mass is 16.5. The van der Waals surface area contributed by atoms with Crippen molar-refractivity contribution in [1.82, 2.24) is 10.2 Å². The van der Waals surface area contributed by atoms with Crippen LogP contribution in [0.2, 0.25) is 0 Å². The summed E-state index contributed by atoms with van der Waals surface area (Å²) in [6, 6.07) is 0.212. The molecule has 0 aromatic rings. The molecule has 2 saturated heterocycles. The van der Waals surface area contributed by atoms with Crippen molar-refractivity contribution in [3.8, 4) is 0 Å². The SMILES string of the molecule is CC(C)(C)C(=O)N1CCC(NC(=O)C2CCOCC2)CC1. The van der Waals surface area contributed by atoms with Gasteiger partial charge in [-0.2, -0.15) is 0 Å². The van der Waals surface area contributed by atoms with Crippen molar-refractivity contribution in [1.29, 1.82) is 0 Å². The van der Waals surface area contributed by atoms with Crippen LogP contribution in [-0.2, 0) is 14.3 Å². The van der Waals surface area contributed by atoms with Gasteiger partial charge in [0.2, 0.25) is 11.8 Å². The van der Waals surface area contributed by atoms with Gasteiger partial charge in [0.25, 0.3) is 0 Å². The van der Waals surface area contributed by atoms with Crippen LogP contribution in [0.5, 0.6) is 0 Å². The van der Waals surface area contributed by atoms with E-state index in [1.165, 1.54) is 0 Å². The fourth-order valence-electron chi connectivity index (χ4n) is 2.98. The Kier molecular flexibility index (Phi) is 5.25. The highest BCUT2D eigenvalue weighted by Crippen LogP contribution is 2.21. The quantitative estimate of drug-likeness (QED) is 0.841. The number of nitrogens with one attached hydrogen (secondary N) is 1. The molecule has 2 fully saturated rings. The fraction of sp³-hybridized carbons (Fsp3) is 0.875. The molecule has 0 unspecified atom stereocenters. The molecule has 1 N–H and O–H groups in total. The molecule has 2 heterocycles. The van der Waals surface area contributed by atoms with Crippen molar-refractivity contribution >= 4 is 11.8 Å². The second-order valence-electron chi connectivity index (χ2n) is 7.21. The van der Waals surface area contributed by atoms with Crippen molar-refractivity contribution in [2.24, 2.45) is 11.3 Å². The number of amides is 2. The zero-order valence-corrected chi connectivity index (χ0v) is 13.5. The fourth-order valence-corrected chi connectivity index (χ4v) is 2.98. The summed E-state index contributed by atoms with van der Waals surface area (Å²) >= 11 is 0. The average molecular weight is 296 g/mol. The predicted molar refractivity (Wildman–Crippen MR) is 80.7 cm³/mol. The Morgan fingerprint density at radius 2 is 1.62 bits per heavy atom. The minimum Gasteiger partial charge on any atom is -0.381 e.